The van der Waals surface area contributed by atoms with Crippen LogP contribution in [0.2, 0.25) is 0 Å². The highest BCUT2D eigenvalue weighted by Crippen LogP contribution is 2.27. The third kappa shape index (κ3) is 3.92. The number of aryl methyl sites for hydroxylation is 1. The van der Waals surface area contributed by atoms with Crippen molar-refractivity contribution < 1.29 is 17.9 Å². The van der Waals surface area contributed by atoms with Crippen molar-refractivity contribution in [2.24, 2.45) is 0 Å². The number of ether oxygens (including phenoxy) is 2. The quantitative estimate of drug-likeness (QED) is 0.585. The van der Waals surface area contributed by atoms with Crippen LogP contribution in [0.1, 0.15) is 12.0 Å². The van der Waals surface area contributed by atoms with Crippen LogP contribution in [-0.2, 0) is 16.4 Å². The number of rotatable bonds is 8. The lowest BCUT2D eigenvalue weighted by Crippen LogP contribution is -2.25. The fourth-order valence-corrected chi connectivity index (χ4v) is 3.71. The van der Waals surface area contributed by atoms with Crippen LogP contribution in [0, 0.1) is 0 Å². The molecule has 2 heterocycles. The molecule has 0 atom stereocenters. The molecule has 3 aromatic rings. The normalized spacial score (nSPS) is 11.6. The topological polar surface area (TPSA) is 108 Å². The molecule has 0 saturated heterocycles. The van der Waals surface area contributed by atoms with Crippen LogP contribution in [0.4, 0.5) is 0 Å². The first kappa shape index (κ1) is 18.1. The number of hydrogen-bond acceptors (Lipinski definition) is 7. The van der Waals surface area contributed by atoms with Gasteiger partial charge in [-0.1, -0.05) is 0 Å². The highest BCUT2D eigenvalue weighted by molar-refractivity contribution is 7.89. The van der Waals surface area contributed by atoms with Gasteiger partial charge in [-0.25, -0.2) is 22.6 Å². The Morgan fingerprint density at radius 1 is 1.19 bits per heavy atom. The summed E-state index contributed by atoms with van der Waals surface area (Å²) in [6.45, 7) is 0.276. The molecular weight excluding hydrogens is 358 g/mol. The van der Waals surface area contributed by atoms with Crippen molar-refractivity contribution in [2.75, 3.05) is 20.8 Å². The van der Waals surface area contributed by atoms with E-state index in [0.717, 1.165) is 5.56 Å². The van der Waals surface area contributed by atoms with E-state index < -0.39 is 10.0 Å². The average molecular weight is 377 g/mol. The largest absolute Gasteiger partial charge is 0.497 e. The lowest BCUT2D eigenvalue weighted by atomic mass is 10.2. The van der Waals surface area contributed by atoms with E-state index in [9.17, 15) is 8.42 Å². The summed E-state index contributed by atoms with van der Waals surface area (Å²) in [6.07, 6.45) is 6.23. The Labute approximate surface area is 151 Å². The average Bonchev–Trinajstić information content (AvgIpc) is 3.12. The molecule has 0 saturated carbocycles. The lowest BCUT2D eigenvalue weighted by Gasteiger charge is -2.12. The predicted octanol–water partition coefficient (Wildman–Crippen LogP) is 1.05. The summed E-state index contributed by atoms with van der Waals surface area (Å²) in [7, 11) is -0.811. The van der Waals surface area contributed by atoms with E-state index in [1.54, 1.807) is 22.8 Å². The summed E-state index contributed by atoms with van der Waals surface area (Å²) in [4.78, 5) is 8.20. The Morgan fingerprint density at radius 3 is 2.81 bits per heavy atom. The number of nitrogens with zero attached hydrogens (tertiary/aromatic N) is 4. The third-order valence-electron chi connectivity index (χ3n) is 3.78. The highest BCUT2D eigenvalue weighted by atomic mass is 32.2. The van der Waals surface area contributed by atoms with E-state index >= 15 is 0 Å². The molecule has 0 aliphatic carbocycles. The number of aromatic nitrogens is 4. The van der Waals surface area contributed by atoms with Gasteiger partial charge in [0.2, 0.25) is 10.0 Å². The van der Waals surface area contributed by atoms with Gasteiger partial charge in [-0.3, -0.25) is 0 Å². The van der Waals surface area contributed by atoms with E-state index in [-0.39, 0.29) is 17.2 Å². The fourth-order valence-electron chi connectivity index (χ4n) is 2.46. The number of fused-ring (bicyclic) bond motifs is 1. The summed E-state index contributed by atoms with van der Waals surface area (Å²) < 4.78 is 39.5. The van der Waals surface area contributed by atoms with E-state index in [1.807, 2.05) is 6.20 Å². The molecule has 9 nitrogen and oxygen atoms in total. The minimum absolute atomic E-state index is 0.0463. The molecule has 0 amide bonds. The van der Waals surface area contributed by atoms with E-state index in [2.05, 4.69) is 19.8 Å². The fraction of sp³-hybridized carbons (Fsp3) is 0.312. The molecule has 0 aliphatic rings. The number of sulfonamides is 1. The van der Waals surface area contributed by atoms with Crippen molar-refractivity contribution in [3.8, 4) is 11.5 Å². The Bertz CT molecular complexity index is 1000. The summed E-state index contributed by atoms with van der Waals surface area (Å²) in [5, 5.41) is 4.03. The van der Waals surface area contributed by atoms with Crippen LogP contribution < -0.4 is 14.2 Å². The predicted molar refractivity (Wildman–Crippen MR) is 93.8 cm³/mol. The van der Waals surface area contributed by atoms with Gasteiger partial charge in [0.15, 0.2) is 0 Å². The van der Waals surface area contributed by atoms with Crippen molar-refractivity contribution in [1.82, 2.24) is 24.3 Å². The van der Waals surface area contributed by atoms with Crippen molar-refractivity contribution in [2.45, 2.75) is 17.7 Å². The molecule has 138 valence electrons. The van der Waals surface area contributed by atoms with Gasteiger partial charge in [0, 0.05) is 25.0 Å². The summed E-state index contributed by atoms with van der Waals surface area (Å²) in [5.74, 6) is 1.23. The molecule has 2 aromatic heterocycles. The Kier molecular flexibility index (Phi) is 5.33. The molecule has 1 N–H and O–H groups in total. The minimum Gasteiger partial charge on any atom is -0.497 e. The van der Waals surface area contributed by atoms with Crippen LogP contribution >= 0.6 is 0 Å². The Balaban J connectivity index is 1.63. The van der Waals surface area contributed by atoms with Crippen molar-refractivity contribution >= 4 is 15.8 Å². The molecular formula is C16H19N5O4S. The van der Waals surface area contributed by atoms with Crippen LogP contribution in [0.25, 0.3) is 5.78 Å². The molecule has 0 fully saturated rings. The van der Waals surface area contributed by atoms with Crippen LogP contribution in [0.3, 0.4) is 0 Å². The molecule has 0 bridgehead atoms. The molecule has 0 spiro atoms. The van der Waals surface area contributed by atoms with E-state index in [0.29, 0.717) is 24.4 Å². The van der Waals surface area contributed by atoms with Crippen LogP contribution in [-0.4, -0.2) is 48.8 Å². The Hall–Kier alpha value is -2.72. The first-order chi connectivity index (χ1) is 12.5. The SMILES string of the molecule is COc1ccc(OC)c(S(=O)(=O)NCCCc2cnc3ncnn3c2)c1. The molecule has 0 aliphatic heterocycles. The van der Waals surface area contributed by atoms with Gasteiger partial charge in [-0.15, -0.1) is 0 Å². The zero-order chi connectivity index (χ0) is 18.6. The summed E-state index contributed by atoms with van der Waals surface area (Å²) in [5.41, 5.74) is 0.946. The second-order valence-electron chi connectivity index (χ2n) is 5.48. The summed E-state index contributed by atoms with van der Waals surface area (Å²) in [6, 6.07) is 4.64. The van der Waals surface area contributed by atoms with Crippen molar-refractivity contribution in [3.05, 3.63) is 42.5 Å². The maximum Gasteiger partial charge on any atom is 0.252 e. The van der Waals surface area contributed by atoms with Gasteiger partial charge in [0.1, 0.15) is 22.7 Å². The van der Waals surface area contributed by atoms with Gasteiger partial charge in [-0.05, 0) is 30.5 Å². The standard InChI is InChI=1S/C16H19N5O4S/c1-24-13-5-6-14(25-2)15(8-13)26(22,23)20-7-3-4-12-9-17-16-18-11-19-21(16)10-12/h5-6,8-11,20H,3-4,7H2,1-2H3. The Morgan fingerprint density at radius 2 is 2.04 bits per heavy atom. The van der Waals surface area contributed by atoms with Gasteiger partial charge in [0.25, 0.3) is 5.78 Å². The van der Waals surface area contributed by atoms with Gasteiger partial charge < -0.3 is 9.47 Å². The van der Waals surface area contributed by atoms with Crippen molar-refractivity contribution in [1.29, 1.82) is 0 Å². The van der Waals surface area contributed by atoms with Crippen LogP contribution in [0.15, 0.2) is 41.8 Å². The first-order valence-corrected chi connectivity index (χ1v) is 9.38. The monoisotopic (exact) mass is 377 g/mol. The van der Waals surface area contributed by atoms with Gasteiger partial charge in [0.05, 0.1) is 14.2 Å². The van der Waals surface area contributed by atoms with E-state index in [1.165, 1.54) is 26.6 Å². The second-order valence-corrected chi connectivity index (χ2v) is 7.22. The molecule has 1 aromatic carbocycles. The van der Waals surface area contributed by atoms with Crippen LogP contribution in [0.5, 0.6) is 11.5 Å². The molecule has 3 rings (SSSR count). The number of benzene rings is 1. The van der Waals surface area contributed by atoms with Crippen molar-refractivity contribution in [3.63, 3.8) is 0 Å². The maximum atomic E-state index is 12.6. The second kappa shape index (κ2) is 7.67. The highest BCUT2D eigenvalue weighted by Gasteiger charge is 2.20. The maximum absolute atomic E-state index is 12.6. The lowest BCUT2D eigenvalue weighted by molar-refractivity contribution is 0.392. The zero-order valence-electron chi connectivity index (χ0n) is 14.4. The van der Waals surface area contributed by atoms with Gasteiger partial charge in [-0.2, -0.15) is 10.1 Å². The number of nitrogens with one attached hydrogen (secondary N) is 1. The minimum atomic E-state index is -3.71. The summed E-state index contributed by atoms with van der Waals surface area (Å²) >= 11 is 0. The zero-order valence-corrected chi connectivity index (χ0v) is 15.2. The third-order valence-corrected chi connectivity index (χ3v) is 5.26. The number of hydrogen-bond donors (Lipinski definition) is 1. The molecule has 10 heteroatoms. The molecule has 0 unspecified atom stereocenters. The van der Waals surface area contributed by atoms with Gasteiger partial charge >= 0.3 is 0 Å². The van der Waals surface area contributed by atoms with E-state index in [4.69, 9.17) is 9.47 Å². The molecule has 26 heavy (non-hydrogen) atoms. The molecule has 0 radical (unpaired) electrons. The number of methoxy groups -OCH3 is 2. The first-order valence-electron chi connectivity index (χ1n) is 7.89. The smallest absolute Gasteiger partial charge is 0.252 e.